The summed E-state index contributed by atoms with van der Waals surface area (Å²) >= 11 is 6.06. The lowest BCUT2D eigenvalue weighted by molar-refractivity contribution is -0.161. The number of halogens is 1. The summed E-state index contributed by atoms with van der Waals surface area (Å²) in [6.45, 7) is 3.60. The van der Waals surface area contributed by atoms with Gasteiger partial charge in [-0.1, -0.05) is 54.9 Å². The molecule has 2 aromatic carbocycles. The van der Waals surface area contributed by atoms with Crippen molar-refractivity contribution in [2.24, 2.45) is 0 Å². The highest BCUT2D eigenvalue weighted by molar-refractivity contribution is 6.31. The topological polar surface area (TPSA) is 64.6 Å². The summed E-state index contributed by atoms with van der Waals surface area (Å²) in [5.74, 6) is -0.392. The summed E-state index contributed by atoms with van der Waals surface area (Å²) in [5, 5.41) is 3.28. The van der Waals surface area contributed by atoms with Gasteiger partial charge in [-0.2, -0.15) is 0 Å². The van der Waals surface area contributed by atoms with Crippen LogP contribution < -0.4 is 10.1 Å². The minimum absolute atomic E-state index is 0.262. The SMILES string of the molecule is CC[C@H](Oc1ccccc1)C(=O)O[C@@H](C)C(=O)NCc1ccccc1Cl. The normalized spacial score (nSPS) is 12.7. The minimum atomic E-state index is -0.932. The fourth-order valence-corrected chi connectivity index (χ4v) is 2.44. The van der Waals surface area contributed by atoms with Gasteiger partial charge in [-0.15, -0.1) is 0 Å². The summed E-state index contributed by atoms with van der Waals surface area (Å²) < 4.78 is 10.9. The largest absolute Gasteiger partial charge is 0.479 e. The van der Waals surface area contributed by atoms with Crippen LogP contribution >= 0.6 is 11.6 Å². The Morgan fingerprint density at radius 2 is 1.73 bits per heavy atom. The molecule has 0 aliphatic heterocycles. The molecule has 0 saturated carbocycles. The van der Waals surface area contributed by atoms with Gasteiger partial charge in [0, 0.05) is 11.6 Å². The van der Waals surface area contributed by atoms with Crippen molar-refractivity contribution in [1.29, 1.82) is 0 Å². The second-order valence-corrected chi connectivity index (χ2v) is 6.12. The molecule has 0 aliphatic carbocycles. The number of benzene rings is 2. The van der Waals surface area contributed by atoms with Crippen molar-refractivity contribution < 1.29 is 19.1 Å². The number of carbonyl (C=O) groups excluding carboxylic acids is 2. The van der Waals surface area contributed by atoms with Crippen LogP contribution in [0.1, 0.15) is 25.8 Å². The van der Waals surface area contributed by atoms with Gasteiger partial charge in [0.1, 0.15) is 5.75 Å². The van der Waals surface area contributed by atoms with Crippen LogP contribution in [0.5, 0.6) is 5.75 Å². The van der Waals surface area contributed by atoms with Crippen LogP contribution in [0, 0.1) is 0 Å². The quantitative estimate of drug-likeness (QED) is 0.714. The van der Waals surface area contributed by atoms with Crippen LogP contribution in [0.4, 0.5) is 0 Å². The standard InChI is InChI=1S/C20H22ClNO4/c1-3-18(26-16-10-5-4-6-11-16)20(24)25-14(2)19(23)22-13-15-9-7-8-12-17(15)21/h4-12,14,18H,3,13H2,1-2H3,(H,22,23)/t14-,18-/m0/s1. The summed E-state index contributed by atoms with van der Waals surface area (Å²) in [6, 6.07) is 16.2. The number of ether oxygens (including phenoxy) is 2. The summed E-state index contributed by atoms with van der Waals surface area (Å²) in [6.07, 6.45) is -1.27. The van der Waals surface area contributed by atoms with Crippen molar-refractivity contribution in [3.8, 4) is 5.75 Å². The van der Waals surface area contributed by atoms with E-state index in [2.05, 4.69) is 5.32 Å². The van der Waals surface area contributed by atoms with E-state index in [1.165, 1.54) is 6.92 Å². The highest BCUT2D eigenvalue weighted by Gasteiger charge is 2.25. The van der Waals surface area contributed by atoms with Gasteiger partial charge in [0.15, 0.2) is 12.2 Å². The van der Waals surface area contributed by atoms with Crippen LogP contribution in [0.2, 0.25) is 5.02 Å². The summed E-state index contributed by atoms with van der Waals surface area (Å²) in [5.41, 5.74) is 0.792. The number of carbonyl (C=O) groups is 2. The van der Waals surface area contributed by atoms with Gasteiger partial charge in [0.2, 0.25) is 0 Å². The van der Waals surface area contributed by atoms with Gasteiger partial charge >= 0.3 is 5.97 Å². The van der Waals surface area contributed by atoms with Crippen LogP contribution in [0.3, 0.4) is 0 Å². The van der Waals surface area contributed by atoms with Gasteiger partial charge in [0.25, 0.3) is 5.91 Å². The zero-order valence-electron chi connectivity index (χ0n) is 14.8. The highest BCUT2D eigenvalue weighted by Crippen LogP contribution is 2.15. The molecule has 0 bridgehead atoms. The second kappa shape index (κ2) is 9.82. The molecule has 1 amide bonds. The maximum Gasteiger partial charge on any atom is 0.348 e. The van der Waals surface area contributed by atoms with Crippen LogP contribution in [0.15, 0.2) is 54.6 Å². The van der Waals surface area contributed by atoms with Crippen molar-refractivity contribution in [2.75, 3.05) is 0 Å². The number of para-hydroxylation sites is 1. The van der Waals surface area contributed by atoms with Gasteiger partial charge in [-0.25, -0.2) is 4.79 Å². The second-order valence-electron chi connectivity index (χ2n) is 5.72. The van der Waals surface area contributed by atoms with Gasteiger partial charge in [0.05, 0.1) is 0 Å². The molecule has 138 valence electrons. The third-order valence-corrected chi connectivity index (χ3v) is 4.10. The third-order valence-electron chi connectivity index (χ3n) is 3.73. The van der Waals surface area contributed by atoms with E-state index < -0.39 is 24.1 Å². The van der Waals surface area contributed by atoms with E-state index in [1.807, 2.05) is 43.3 Å². The van der Waals surface area contributed by atoms with Gasteiger partial charge < -0.3 is 14.8 Å². The lowest BCUT2D eigenvalue weighted by atomic mass is 10.2. The first kappa shape index (κ1) is 19.8. The Labute approximate surface area is 158 Å². The third kappa shape index (κ3) is 5.77. The molecule has 0 fully saturated rings. The summed E-state index contributed by atoms with van der Waals surface area (Å²) in [4.78, 5) is 24.4. The van der Waals surface area contributed by atoms with Crippen LogP contribution in [-0.2, 0) is 20.9 Å². The maximum atomic E-state index is 12.3. The van der Waals surface area contributed by atoms with Crippen LogP contribution in [0.25, 0.3) is 0 Å². The molecule has 2 aromatic rings. The molecule has 0 radical (unpaired) electrons. The van der Waals surface area contributed by atoms with Crippen molar-refractivity contribution in [3.63, 3.8) is 0 Å². The highest BCUT2D eigenvalue weighted by atomic mass is 35.5. The Bertz CT molecular complexity index is 736. The molecule has 0 spiro atoms. The molecule has 6 heteroatoms. The monoisotopic (exact) mass is 375 g/mol. The average Bonchev–Trinajstić information content (AvgIpc) is 2.65. The van der Waals surface area contributed by atoms with Crippen molar-refractivity contribution in [1.82, 2.24) is 5.32 Å². The molecule has 0 heterocycles. The first-order valence-corrected chi connectivity index (χ1v) is 8.82. The number of hydrogen-bond donors (Lipinski definition) is 1. The lowest BCUT2D eigenvalue weighted by Gasteiger charge is -2.19. The fourth-order valence-electron chi connectivity index (χ4n) is 2.23. The van der Waals surface area contributed by atoms with E-state index in [9.17, 15) is 9.59 Å². The molecule has 0 aliphatic rings. The zero-order chi connectivity index (χ0) is 18.9. The maximum absolute atomic E-state index is 12.3. The van der Waals surface area contributed by atoms with E-state index >= 15 is 0 Å². The summed E-state index contributed by atoms with van der Waals surface area (Å²) in [7, 11) is 0. The van der Waals surface area contributed by atoms with E-state index in [0.29, 0.717) is 17.2 Å². The smallest absolute Gasteiger partial charge is 0.348 e. The minimum Gasteiger partial charge on any atom is -0.479 e. The van der Waals surface area contributed by atoms with Crippen molar-refractivity contribution >= 4 is 23.5 Å². The van der Waals surface area contributed by atoms with E-state index in [1.54, 1.807) is 18.2 Å². The fraction of sp³-hybridized carbons (Fsp3) is 0.300. The molecular weight excluding hydrogens is 354 g/mol. The zero-order valence-corrected chi connectivity index (χ0v) is 15.5. The first-order valence-electron chi connectivity index (χ1n) is 8.44. The molecule has 0 unspecified atom stereocenters. The molecule has 2 rings (SSSR count). The lowest BCUT2D eigenvalue weighted by Crippen LogP contribution is -2.39. The number of esters is 1. The average molecular weight is 376 g/mol. The molecule has 1 N–H and O–H groups in total. The Morgan fingerprint density at radius 3 is 2.38 bits per heavy atom. The van der Waals surface area contributed by atoms with E-state index in [0.717, 1.165) is 5.56 Å². The molecule has 26 heavy (non-hydrogen) atoms. The molecule has 5 nitrogen and oxygen atoms in total. The van der Waals surface area contributed by atoms with Crippen molar-refractivity contribution in [2.45, 2.75) is 39.0 Å². The number of hydrogen-bond acceptors (Lipinski definition) is 4. The van der Waals surface area contributed by atoms with E-state index in [-0.39, 0.29) is 6.54 Å². The molecule has 2 atom stereocenters. The number of nitrogens with one attached hydrogen (secondary N) is 1. The Kier molecular flexibility index (Phi) is 7.48. The Balaban J connectivity index is 1.86. The first-order chi connectivity index (χ1) is 12.5. The molecule has 0 saturated heterocycles. The Morgan fingerprint density at radius 1 is 1.08 bits per heavy atom. The van der Waals surface area contributed by atoms with Crippen molar-refractivity contribution in [3.05, 3.63) is 65.2 Å². The molecule has 0 aromatic heterocycles. The predicted molar refractivity (Wildman–Crippen MR) is 100 cm³/mol. The molecular formula is C20H22ClNO4. The van der Waals surface area contributed by atoms with Gasteiger partial charge in [-0.3, -0.25) is 4.79 Å². The van der Waals surface area contributed by atoms with E-state index in [4.69, 9.17) is 21.1 Å². The van der Waals surface area contributed by atoms with Gasteiger partial charge in [-0.05, 0) is 37.1 Å². The van der Waals surface area contributed by atoms with Crippen LogP contribution in [-0.4, -0.2) is 24.1 Å². The number of amides is 1. The Hall–Kier alpha value is -2.53. The number of rotatable bonds is 8. The predicted octanol–water partition coefficient (Wildman–Crippen LogP) is 3.75.